The summed E-state index contributed by atoms with van der Waals surface area (Å²) in [6, 6.07) is 119. The van der Waals surface area contributed by atoms with Gasteiger partial charge in [-0.05, 0) is 97.1 Å². The van der Waals surface area contributed by atoms with Gasteiger partial charge in [0.1, 0.15) is 5.69 Å². The minimum Gasteiger partial charge on any atom is -0.309 e. The van der Waals surface area contributed by atoms with Crippen LogP contribution in [0.5, 0.6) is 0 Å². The van der Waals surface area contributed by atoms with Crippen LogP contribution < -0.4 is 4.90 Å². The van der Waals surface area contributed by atoms with Gasteiger partial charge < -0.3 is 4.90 Å². The van der Waals surface area contributed by atoms with Crippen LogP contribution in [0.2, 0.25) is 0 Å². The van der Waals surface area contributed by atoms with Gasteiger partial charge in [-0.2, -0.15) is 5.10 Å². The van der Waals surface area contributed by atoms with Gasteiger partial charge in [0.15, 0.2) is 0 Å². The van der Waals surface area contributed by atoms with Gasteiger partial charge in [-0.1, -0.05) is 291 Å². The molecule has 0 aliphatic heterocycles. The number of aromatic nitrogens is 2. The number of anilines is 3. The first-order valence-corrected chi connectivity index (χ1v) is 28.4. The molecule has 0 saturated carbocycles. The Morgan fingerprint density at radius 2 is 0.732 bits per heavy atom. The first kappa shape index (κ1) is 47.4. The summed E-state index contributed by atoms with van der Waals surface area (Å²) in [6.45, 7) is 0. The van der Waals surface area contributed by atoms with E-state index in [2.05, 4.69) is 331 Å². The van der Waals surface area contributed by atoms with Gasteiger partial charge in [0.2, 0.25) is 0 Å². The molecule has 2 aliphatic rings. The zero-order valence-electron chi connectivity index (χ0n) is 44.9. The van der Waals surface area contributed by atoms with Crippen molar-refractivity contribution < 1.29 is 0 Å². The molecule has 2 aromatic heterocycles. The molecule has 14 aromatic rings. The lowest BCUT2D eigenvalue weighted by Gasteiger charge is -2.36. The van der Waals surface area contributed by atoms with E-state index in [0.29, 0.717) is 0 Å². The summed E-state index contributed by atoms with van der Waals surface area (Å²) in [4.78, 5) is 2.59. The van der Waals surface area contributed by atoms with E-state index in [9.17, 15) is 0 Å². The quantitative estimate of drug-likeness (QED) is 0.136. The maximum atomic E-state index is 5.66. The highest BCUT2D eigenvalue weighted by Gasteiger charge is 2.49. The Labute approximate surface area is 478 Å². The minimum absolute atomic E-state index is 0.618. The van der Waals surface area contributed by atoms with E-state index in [1.807, 2.05) is 0 Å². The van der Waals surface area contributed by atoms with E-state index in [-0.39, 0.29) is 0 Å². The van der Waals surface area contributed by atoms with Gasteiger partial charge in [-0.3, -0.25) is 0 Å². The normalized spacial score (nSPS) is 13.3. The van der Waals surface area contributed by atoms with Crippen LogP contribution in [0.1, 0.15) is 44.5 Å². The van der Waals surface area contributed by atoms with Gasteiger partial charge >= 0.3 is 0 Å². The predicted octanol–water partition coefficient (Wildman–Crippen LogP) is 19.7. The average Bonchev–Trinajstić information content (AvgIpc) is 2.20. The maximum absolute atomic E-state index is 5.66. The number of hydrogen-bond donors (Lipinski definition) is 0. The van der Waals surface area contributed by atoms with Gasteiger partial charge in [0.25, 0.3) is 0 Å². The molecule has 16 rings (SSSR count). The third-order valence-electron chi connectivity index (χ3n) is 17.6. The molecule has 0 bridgehead atoms. The van der Waals surface area contributed by atoms with Crippen molar-refractivity contribution in [3.8, 4) is 55.9 Å². The van der Waals surface area contributed by atoms with Crippen molar-refractivity contribution in [1.29, 1.82) is 0 Å². The van der Waals surface area contributed by atoms with Crippen molar-refractivity contribution in [3.63, 3.8) is 0 Å². The van der Waals surface area contributed by atoms with E-state index in [0.717, 1.165) is 67.0 Å². The lowest BCUT2D eigenvalue weighted by atomic mass is 9.67. The van der Waals surface area contributed by atoms with Crippen LogP contribution in [0.15, 0.2) is 322 Å². The van der Waals surface area contributed by atoms with E-state index < -0.39 is 10.8 Å². The van der Waals surface area contributed by atoms with Crippen molar-refractivity contribution in [2.45, 2.75) is 10.8 Å². The monoisotopic (exact) mass is 1040 g/mol. The Kier molecular flexibility index (Phi) is 11.0. The smallest absolute Gasteiger partial charge is 0.101 e. The van der Waals surface area contributed by atoms with Crippen LogP contribution in [0, 0.1) is 0 Å². The van der Waals surface area contributed by atoms with Crippen molar-refractivity contribution in [2.75, 3.05) is 4.90 Å². The Morgan fingerprint density at radius 3 is 1.32 bits per heavy atom. The van der Waals surface area contributed by atoms with E-state index in [1.165, 1.54) is 66.8 Å². The number of hydrogen-bond acceptors (Lipinski definition) is 2. The highest BCUT2D eigenvalue weighted by atomic mass is 15.2. The molecular weight excluding hydrogens is 991 g/mol. The van der Waals surface area contributed by atoms with Crippen LogP contribution in [-0.2, 0) is 10.8 Å². The molecule has 82 heavy (non-hydrogen) atoms. The van der Waals surface area contributed by atoms with Gasteiger partial charge in [-0.15, -0.1) is 0 Å². The molecule has 12 aromatic carbocycles. The second-order valence-electron chi connectivity index (χ2n) is 21.7. The zero-order valence-corrected chi connectivity index (χ0v) is 44.9. The van der Waals surface area contributed by atoms with Crippen molar-refractivity contribution in [2.24, 2.45) is 0 Å². The molecule has 0 saturated heterocycles. The summed E-state index contributed by atoms with van der Waals surface area (Å²) in [5.41, 5.74) is 24.1. The molecule has 3 nitrogen and oxygen atoms in total. The Balaban J connectivity index is 1.06. The van der Waals surface area contributed by atoms with Crippen LogP contribution in [0.4, 0.5) is 17.1 Å². The summed E-state index contributed by atoms with van der Waals surface area (Å²) in [5, 5.41) is 7.86. The molecular formula is C79H53N3. The van der Waals surface area contributed by atoms with E-state index in [4.69, 9.17) is 5.10 Å². The number of nitrogens with zero attached hydrogens (tertiary/aromatic N) is 3. The number of fused-ring (bicyclic) bond motifs is 9. The van der Waals surface area contributed by atoms with Gasteiger partial charge in [0.05, 0.1) is 33.4 Å². The molecule has 0 unspecified atom stereocenters. The minimum atomic E-state index is -0.626. The fourth-order valence-corrected chi connectivity index (χ4v) is 14.3. The third-order valence-corrected chi connectivity index (χ3v) is 17.6. The third kappa shape index (κ3) is 6.93. The molecule has 2 aliphatic carbocycles. The van der Waals surface area contributed by atoms with Crippen LogP contribution >= 0.6 is 0 Å². The second-order valence-corrected chi connectivity index (χ2v) is 21.7. The Bertz CT molecular complexity index is 4630. The SMILES string of the molecule is c1ccc(-c2nn3c(-c4ccccc4)cc4c(N(c5ccc6c(c5)C(c5ccccc5)(c5ccccc5)c5ccccc5-6)c5cccc6c5-c5ccccc5C6(c5ccccc5)c5ccccc5)cccc4c3c2-c2ccccc2)cc1. The molecule has 0 atom stereocenters. The molecule has 0 spiro atoms. The zero-order chi connectivity index (χ0) is 54.2. The Morgan fingerprint density at radius 1 is 0.293 bits per heavy atom. The summed E-state index contributed by atoms with van der Waals surface area (Å²) in [5.74, 6) is 0. The summed E-state index contributed by atoms with van der Waals surface area (Å²) in [6.07, 6.45) is 0. The summed E-state index contributed by atoms with van der Waals surface area (Å²) >= 11 is 0. The fourth-order valence-electron chi connectivity index (χ4n) is 14.3. The lowest BCUT2D eigenvalue weighted by molar-refractivity contribution is 0.768. The molecule has 0 fully saturated rings. The van der Waals surface area contributed by atoms with Gasteiger partial charge in [-0.25, -0.2) is 4.52 Å². The van der Waals surface area contributed by atoms with E-state index >= 15 is 0 Å². The van der Waals surface area contributed by atoms with Crippen molar-refractivity contribution >= 4 is 33.4 Å². The van der Waals surface area contributed by atoms with Crippen LogP contribution in [-0.4, -0.2) is 9.61 Å². The number of rotatable bonds is 10. The maximum Gasteiger partial charge on any atom is 0.101 e. The first-order valence-electron chi connectivity index (χ1n) is 28.4. The average molecular weight is 1040 g/mol. The number of benzene rings is 12. The fraction of sp³-hybridized carbons (Fsp3) is 0.0253. The van der Waals surface area contributed by atoms with Crippen LogP contribution in [0.25, 0.3) is 72.2 Å². The number of pyridine rings is 1. The van der Waals surface area contributed by atoms with Crippen molar-refractivity contribution in [3.05, 3.63) is 366 Å². The molecule has 0 N–H and O–H groups in total. The molecule has 2 heterocycles. The molecule has 384 valence electrons. The molecule has 3 heteroatoms. The topological polar surface area (TPSA) is 20.5 Å². The van der Waals surface area contributed by atoms with Crippen molar-refractivity contribution in [1.82, 2.24) is 9.61 Å². The molecule has 0 amide bonds. The molecule has 0 radical (unpaired) electrons. The Hall–Kier alpha value is -10.6. The standard InChI is InChI=1S/C79H53N3/c1-8-28-54(29-9-1)73-53-66-64(77-74(55-30-10-2-11-31-55)76(80-82(73)77)56-32-12-3-13-33-56)44-26-48-71(66)81(61-50-51-63-62-42-22-24-45-67(62)79(70(63)52-61,59-38-18-6-19-39-59)60-40-20-7-21-41-60)72-49-27-47-69-75(72)65-43-23-25-46-68(65)78(69,57-34-14-4-15-35-57)58-36-16-5-17-37-58/h1-53H. The second kappa shape index (κ2) is 19.0. The van der Waals surface area contributed by atoms with Gasteiger partial charge in [0, 0.05) is 38.7 Å². The largest absolute Gasteiger partial charge is 0.309 e. The predicted molar refractivity (Wildman–Crippen MR) is 338 cm³/mol. The van der Waals surface area contributed by atoms with Crippen LogP contribution in [0.3, 0.4) is 0 Å². The van der Waals surface area contributed by atoms with E-state index in [1.54, 1.807) is 0 Å². The highest BCUT2D eigenvalue weighted by Crippen LogP contribution is 2.62. The first-order chi connectivity index (χ1) is 40.7. The lowest BCUT2D eigenvalue weighted by Crippen LogP contribution is -2.29. The summed E-state index contributed by atoms with van der Waals surface area (Å²) in [7, 11) is 0. The highest BCUT2D eigenvalue weighted by molar-refractivity contribution is 6.14. The summed E-state index contributed by atoms with van der Waals surface area (Å²) < 4.78 is 2.21.